The Morgan fingerprint density at radius 3 is 2.44 bits per heavy atom. The van der Waals surface area contributed by atoms with E-state index >= 15 is 0 Å². The Hall–Kier alpha value is -1.10. The van der Waals surface area contributed by atoms with E-state index in [1.54, 1.807) is 6.92 Å². The Kier molecular flexibility index (Phi) is 7.54. The number of amides is 1. The molecule has 1 amide bonds. The van der Waals surface area contributed by atoms with Gasteiger partial charge >= 0.3 is 5.97 Å². The molecule has 0 aromatic heterocycles. The molecule has 0 heterocycles. The van der Waals surface area contributed by atoms with Crippen LogP contribution in [-0.2, 0) is 14.3 Å². The molecule has 0 saturated heterocycles. The van der Waals surface area contributed by atoms with Crippen molar-refractivity contribution in [2.45, 2.75) is 39.7 Å². The largest absolute Gasteiger partial charge is 0.464 e. The van der Waals surface area contributed by atoms with E-state index in [9.17, 15) is 9.59 Å². The van der Waals surface area contributed by atoms with Gasteiger partial charge < -0.3 is 15.8 Å². The molecule has 0 aliphatic carbocycles. The lowest BCUT2D eigenvalue weighted by Crippen LogP contribution is -2.46. The van der Waals surface area contributed by atoms with E-state index in [0.29, 0.717) is 6.61 Å². The van der Waals surface area contributed by atoms with Crippen LogP contribution in [0.1, 0.15) is 33.6 Å². The number of nitrogens with two attached hydrogens (primary N) is 1. The molecular weight excluding hydrogens is 208 g/mol. The van der Waals surface area contributed by atoms with Crippen LogP contribution >= 0.6 is 0 Å². The van der Waals surface area contributed by atoms with Crippen molar-refractivity contribution in [1.82, 2.24) is 5.32 Å². The van der Waals surface area contributed by atoms with Crippen LogP contribution in [0.3, 0.4) is 0 Å². The molecule has 0 rings (SSSR count). The third-order valence-electron chi connectivity index (χ3n) is 2.44. The summed E-state index contributed by atoms with van der Waals surface area (Å²) in [5.41, 5.74) is 5.27. The Balaban J connectivity index is 4.42. The standard InChI is InChI=1S/C11H22N2O3/c1-4-8(3)10(11(15)16-5-2)13-9(14)6-7-12/h8,10H,4-7,12H2,1-3H3,(H,13,14). The summed E-state index contributed by atoms with van der Waals surface area (Å²) in [6.45, 7) is 6.21. The summed E-state index contributed by atoms with van der Waals surface area (Å²) in [5, 5.41) is 2.66. The normalized spacial score (nSPS) is 14.0. The van der Waals surface area contributed by atoms with Gasteiger partial charge in [0.2, 0.25) is 5.91 Å². The van der Waals surface area contributed by atoms with Gasteiger partial charge in [-0.1, -0.05) is 20.3 Å². The maximum atomic E-state index is 11.6. The number of esters is 1. The van der Waals surface area contributed by atoms with E-state index in [2.05, 4.69) is 5.32 Å². The van der Waals surface area contributed by atoms with Crippen molar-refractivity contribution in [3.8, 4) is 0 Å². The van der Waals surface area contributed by atoms with Crippen LogP contribution in [0.5, 0.6) is 0 Å². The predicted octanol–water partition coefficient (Wildman–Crippen LogP) is 0.429. The zero-order valence-corrected chi connectivity index (χ0v) is 10.3. The van der Waals surface area contributed by atoms with Gasteiger partial charge in [0.05, 0.1) is 6.61 Å². The van der Waals surface area contributed by atoms with Crippen LogP contribution < -0.4 is 11.1 Å². The minimum atomic E-state index is -0.566. The number of rotatable bonds is 7. The minimum absolute atomic E-state index is 0.0563. The van der Waals surface area contributed by atoms with Crippen molar-refractivity contribution in [1.29, 1.82) is 0 Å². The lowest BCUT2D eigenvalue weighted by molar-refractivity contribution is -0.149. The van der Waals surface area contributed by atoms with Crippen LogP contribution in [0.25, 0.3) is 0 Å². The third-order valence-corrected chi connectivity index (χ3v) is 2.44. The number of ether oxygens (including phenoxy) is 1. The predicted molar refractivity (Wildman–Crippen MR) is 61.7 cm³/mol. The molecule has 16 heavy (non-hydrogen) atoms. The zero-order chi connectivity index (χ0) is 12.6. The number of nitrogens with one attached hydrogen (secondary N) is 1. The number of carbonyl (C=O) groups excluding carboxylic acids is 2. The lowest BCUT2D eigenvalue weighted by Gasteiger charge is -2.22. The summed E-state index contributed by atoms with van der Waals surface area (Å²) in [6.07, 6.45) is 1.03. The first kappa shape index (κ1) is 14.9. The molecular formula is C11H22N2O3. The van der Waals surface area contributed by atoms with E-state index < -0.39 is 6.04 Å². The highest BCUT2D eigenvalue weighted by atomic mass is 16.5. The summed E-state index contributed by atoms with van der Waals surface area (Å²) in [4.78, 5) is 23.0. The SMILES string of the molecule is CCOC(=O)C(NC(=O)CCN)C(C)CC. The van der Waals surface area contributed by atoms with Crippen LogP contribution in [-0.4, -0.2) is 31.1 Å². The van der Waals surface area contributed by atoms with Crippen molar-refractivity contribution in [3.05, 3.63) is 0 Å². The second-order valence-corrected chi connectivity index (χ2v) is 3.72. The lowest BCUT2D eigenvalue weighted by atomic mass is 9.99. The van der Waals surface area contributed by atoms with E-state index in [0.717, 1.165) is 6.42 Å². The molecule has 2 unspecified atom stereocenters. The van der Waals surface area contributed by atoms with Gasteiger partial charge in [-0.15, -0.1) is 0 Å². The van der Waals surface area contributed by atoms with Gasteiger partial charge in [-0.25, -0.2) is 4.79 Å². The van der Waals surface area contributed by atoms with Crippen molar-refractivity contribution >= 4 is 11.9 Å². The van der Waals surface area contributed by atoms with Crippen molar-refractivity contribution in [2.24, 2.45) is 11.7 Å². The van der Waals surface area contributed by atoms with Gasteiger partial charge in [-0.05, 0) is 12.8 Å². The van der Waals surface area contributed by atoms with Gasteiger partial charge in [0, 0.05) is 13.0 Å². The number of hydrogen-bond acceptors (Lipinski definition) is 4. The molecule has 0 radical (unpaired) electrons. The zero-order valence-electron chi connectivity index (χ0n) is 10.3. The Morgan fingerprint density at radius 2 is 2.00 bits per heavy atom. The molecule has 0 aromatic rings. The molecule has 0 aliphatic rings. The number of hydrogen-bond donors (Lipinski definition) is 2. The molecule has 2 atom stereocenters. The van der Waals surface area contributed by atoms with Gasteiger partial charge in [-0.2, -0.15) is 0 Å². The maximum Gasteiger partial charge on any atom is 0.328 e. The van der Waals surface area contributed by atoms with Gasteiger partial charge in [0.15, 0.2) is 0 Å². The quantitative estimate of drug-likeness (QED) is 0.621. The minimum Gasteiger partial charge on any atom is -0.464 e. The highest BCUT2D eigenvalue weighted by molar-refractivity contribution is 5.84. The molecule has 3 N–H and O–H groups in total. The van der Waals surface area contributed by atoms with Gasteiger partial charge in [0.1, 0.15) is 6.04 Å². The molecule has 0 aromatic carbocycles. The van der Waals surface area contributed by atoms with Gasteiger partial charge in [-0.3, -0.25) is 4.79 Å². The second-order valence-electron chi connectivity index (χ2n) is 3.72. The van der Waals surface area contributed by atoms with E-state index in [4.69, 9.17) is 10.5 Å². The summed E-state index contributed by atoms with van der Waals surface area (Å²) >= 11 is 0. The first-order valence-electron chi connectivity index (χ1n) is 5.72. The summed E-state index contributed by atoms with van der Waals surface area (Å²) in [6, 6.07) is -0.566. The van der Waals surface area contributed by atoms with Crippen molar-refractivity contribution < 1.29 is 14.3 Å². The fraction of sp³-hybridized carbons (Fsp3) is 0.818. The van der Waals surface area contributed by atoms with Crippen LogP contribution in [0.2, 0.25) is 0 Å². The highest BCUT2D eigenvalue weighted by Crippen LogP contribution is 2.09. The maximum absolute atomic E-state index is 11.6. The fourth-order valence-electron chi connectivity index (χ4n) is 1.28. The highest BCUT2D eigenvalue weighted by Gasteiger charge is 2.26. The summed E-state index contributed by atoms with van der Waals surface area (Å²) in [5.74, 6) is -0.524. The first-order valence-corrected chi connectivity index (χ1v) is 5.72. The topological polar surface area (TPSA) is 81.4 Å². The van der Waals surface area contributed by atoms with Gasteiger partial charge in [0.25, 0.3) is 0 Å². The van der Waals surface area contributed by atoms with E-state index in [-0.39, 0.29) is 30.8 Å². The molecule has 5 heteroatoms. The third kappa shape index (κ3) is 5.11. The van der Waals surface area contributed by atoms with E-state index in [1.807, 2.05) is 13.8 Å². The van der Waals surface area contributed by atoms with Crippen molar-refractivity contribution in [3.63, 3.8) is 0 Å². The molecule has 94 valence electrons. The monoisotopic (exact) mass is 230 g/mol. The molecule has 0 spiro atoms. The Bertz CT molecular complexity index is 231. The summed E-state index contributed by atoms with van der Waals surface area (Å²) < 4.78 is 4.92. The Labute approximate surface area is 96.7 Å². The average molecular weight is 230 g/mol. The van der Waals surface area contributed by atoms with E-state index in [1.165, 1.54) is 0 Å². The average Bonchev–Trinajstić information content (AvgIpc) is 2.25. The Morgan fingerprint density at radius 1 is 1.38 bits per heavy atom. The smallest absolute Gasteiger partial charge is 0.328 e. The molecule has 0 aliphatic heterocycles. The molecule has 0 saturated carbocycles. The summed E-state index contributed by atoms with van der Waals surface area (Å²) in [7, 11) is 0. The van der Waals surface area contributed by atoms with Crippen molar-refractivity contribution in [2.75, 3.05) is 13.2 Å². The van der Waals surface area contributed by atoms with Crippen LogP contribution in [0, 0.1) is 5.92 Å². The molecule has 5 nitrogen and oxygen atoms in total. The molecule has 0 bridgehead atoms. The fourth-order valence-corrected chi connectivity index (χ4v) is 1.28. The second kappa shape index (κ2) is 8.10. The number of carbonyl (C=O) groups is 2. The van der Waals surface area contributed by atoms with Crippen LogP contribution in [0.15, 0.2) is 0 Å². The molecule has 0 fully saturated rings. The first-order chi connectivity index (χ1) is 7.56. The van der Waals surface area contributed by atoms with Crippen LogP contribution in [0.4, 0.5) is 0 Å².